The van der Waals surface area contributed by atoms with Crippen molar-refractivity contribution < 1.29 is 13.2 Å². The molecule has 3 rings (SSSR count). The van der Waals surface area contributed by atoms with Crippen molar-refractivity contribution in [3.63, 3.8) is 0 Å². The average molecular weight is 422 g/mol. The van der Waals surface area contributed by atoms with Gasteiger partial charge in [0.15, 0.2) is 0 Å². The molecule has 28 heavy (non-hydrogen) atoms. The van der Waals surface area contributed by atoms with Crippen molar-refractivity contribution >= 4 is 27.3 Å². The highest BCUT2D eigenvalue weighted by Gasteiger charge is 2.32. The van der Waals surface area contributed by atoms with Gasteiger partial charge < -0.3 is 10.2 Å². The Labute approximate surface area is 171 Å². The maximum Gasteiger partial charge on any atom is 0.243 e. The summed E-state index contributed by atoms with van der Waals surface area (Å²) in [6, 6.07) is 12.7. The number of hydrogen-bond donors (Lipinski definition) is 1. The van der Waals surface area contributed by atoms with Crippen LogP contribution in [0.3, 0.4) is 0 Å². The Morgan fingerprint density at radius 2 is 1.86 bits per heavy atom. The summed E-state index contributed by atoms with van der Waals surface area (Å²) in [4.78, 5) is 16.3. The maximum atomic E-state index is 12.7. The predicted octanol–water partition coefficient (Wildman–Crippen LogP) is 2.57. The van der Waals surface area contributed by atoms with Crippen LogP contribution in [0.25, 0.3) is 0 Å². The minimum absolute atomic E-state index is 0.0140. The molecule has 0 radical (unpaired) electrons. The first-order chi connectivity index (χ1) is 13.4. The molecule has 6 nitrogen and oxygen atoms in total. The van der Waals surface area contributed by atoms with E-state index in [-0.39, 0.29) is 17.9 Å². The van der Waals surface area contributed by atoms with Crippen molar-refractivity contribution in [2.75, 3.05) is 33.7 Å². The third kappa shape index (κ3) is 4.81. The van der Waals surface area contributed by atoms with Crippen LogP contribution in [-0.4, -0.2) is 57.3 Å². The zero-order valence-electron chi connectivity index (χ0n) is 16.2. The molecule has 0 spiro atoms. The summed E-state index contributed by atoms with van der Waals surface area (Å²) < 4.78 is 26.9. The fourth-order valence-corrected chi connectivity index (χ4v) is 5.87. The van der Waals surface area contributed by atoms with E-state index in [1.807, 2.05) is 25.5 Å². The Kier molecular flexibility index (Phi) is 6.87. The van der Waals surface area contributed by atoms with Crippen molar-refractivity contribution in [2.45, 2.75) is 23.8 Å². The van der Waals surface area contributed by atoms with Gasteiger partial charge in [-0.1, -0.05) is 24.3 Å². The van der Waals surface area contributed by atoms with Crippen LogP contribution in [0.5, 0.6) is 0 Å². The Morgan fingerprint density at radius 1 is 1.18 bits per heavy atom. The normalized spacial score (nSPS) is 17.5. The summed E-state index contributed by atoms with van der Waals surface area (Å²) in [5.41, 5.74) is 0. The second-order valence-electron chi connectivity index (χ2n) is 7.23. The number of likely N-dealkylation sites (N-methyl/N-ethyl adjacent to an activating group) is 1. The lowest BCUT2D eigenvalue weighted by Crippen LogP contribution is -2.44. The molecule has 1 aliphatic rings. The number of piperidine rings is 1. The van der Waals surface area contributed by atoms with Gasteiger partial charge in [0, 0.05) is 30.4 Å². The average Bonchev–Trinajstić information content (AvgIpc) is 3.23. The van der Waals surface area contributed by atoms with E-state index in [2.05, 4.69) is 16.3 Å². The van der Waals surface area contributed by atoms with Crippen molar-refractivity contribution in [3.8, 4) is 0 Å². The Bertz CT molecular complexity index is 859. The van der Waals surface area contributed by atoms with E-state index in [1.165, 1.54) is 9.18 Å². The number of hydrogen-bond acceptors (Lipinski definition) is 5. The fraction of sp³-hybridized carbons (Fsp3) is 0.450. The highest BCUT2D eigenvalue weighted by molar-refractivity contribution is 7.89. The van der Waals surface area contributed by atoms with E-state index in [4.69, 9.17) is 0 Å². The lowest BCUT2D eigenvalue weighted by Gasteiger charge is -2.31. The number of carbonyl (C=O) groups is 1. The van der Waals surface area contributed by atoms with Crippen LogP contribution in [0, 0.1) is 5.92 Å². The maximum absolute atomic E-state index is 12.7. The summed E-state index contributed by atoms with van der Waals surface area (Å²) >= 11 is 1.68. The molecule has 152 valence electrons. The van der Waals surface area contributed by atoms with Crippen molar-refractivity contribution in [3.05, 3.63) is 52.7 Å². The summed E-state index contributed by atoms with van der Waals surface area (Å²) in [5.74, 6) is -0.131. The second kappa shape index (κ2) is 9.17. The molecule has 0 bridgehead atoms. The highest BCUT2D eigenvalue weighted by atomic mass is 32.2. The molecule has 1 aliphatic heterocycles. The van der Waals surface area contributed by atoms with E-state index in [0.717, 1.165) is 0 Å². The third-order valence-corrected chi connectivity index (χ3v) is 8.06. The van der Waals surface area contributed by atoms with Crippen LogP contribution in [0.4, 0.5) is 0 Å². The molecule has 1 aromatic heterocycles. The van der Waals surface area contributed by atoms with E-state index in [9.17, 15) is 13.2 Å². The number of rotatable bonds is 7. The van der Waals surface area contributed by atoms with E-state index in [0.29, 0.717) is 37.4 Å². The zero-order valence-corrected chi connectivity index (χ0v) is 17.9. The zero-order chi connectivity index (χ0) is 20.1. The first kappa shape index (κ1) is 21.0. The van der Waals surface area contributed by atoms with Gasteiger partial charge in [0.1, 0.15) is 0 Å². The van der Waals surface area contributed by atoms with E-state index < -0.39 is 10.0 Å². The third-order valence-electron chi connectivity index (χ3n) is 5.17. The molecule has 1 aromatic carbocycles. The molecule has 1 unspecified atom stereocenters. The van der Waals surface area contributed by atoms with Gasteiger partial charge in [0.05, 0.1) is 10.9 Å². The van der Waals surface area contributed by atoms with Crippen LogP contribution in [0.2, 0.25) is 0 Å². The first-order valence-electron chi connectivity index (χ1n) is 9.42. The fourth-order valence-electron chi connectivity index (χ4n) is 3.46. The number of sulfonamides is 1. The van der Waals surface area contributed by atoms with Gasteiger partial charge in [-0.3, -0.25) is 4.79 Å². The molecule has 2 heterocycles. The summed E-state index contributed by atoms with van der Waals surface area (Å²) in [6.07, 6.45) is 1.09. The Balaban J connectivity index is 1.54. The first-order valence-corrected chi connectivity index (χ1v) is 11.7. The lowest BCUT2D eigenvalue weighted by atomic mass is 9.97. The molecule has 1 amide bonds. The SMILES string of the molecule is CN(C)C(CNC(=O)C1CCN(S(=O)(=O)c2ccccc2)CC1)c1cccs1. The largest absolute Gasteiger partial charge is 0.354 e. The topological polar surface area (TPSA) is 69.7 Å². The summed E-state index contributed by atoms with van der Waals surface area (Å²) in [6.45, 7) is 1.30. The van der Waals surface area contributed by atoms with Crippen LogP contribution >= 0.6 is 11.3 Å². The number of thiophene rings is 1. The standard InChI is InChI=1S/C20H27N3O3S2/c1-22(2)18(19-9-6-14-27-19)15-21-20(24)16-10-12-23(13-11-16)28(25,26)17-7-4-3-5-8-17/h3-9,14,16,18H,10-13,15H2,1-2H3,(H,21,24). The molecule has 1 atom stereocenters. The number of nitrogens with zero attached hydrogens (tertiary/aromatic N) is 2. The monoisotopic (exact) mass is 421 g/mol. The smallest absolute Gasteiger partial charge is 0.243 e. The lowest BCUT2D eigenvalue weighted by molar-refractivity contribution is -0.126. The minimum Gasteiger partial charge on any atom is -0.354 e. The van der Waals surface area contributed by atoms with Gasteiger partial charge in [0.25, 0.3) is 0 Å². The molecule has 0 saturated carbocycles. The van der Waals surface area contributed by atoms with Gasteiger partial charge in [-0.05, 0) is 50.5 Å². The molecule has 1 saturated heterocycles. The molecule has 1 N–H and O–H groups in total. The van der Waals surface area contributed by atoms with Crippen molar-refractivity contribution in [1.29, 1.82) is 0 Å². The summed E-state index contributed by atoms with van der Waals surface area (Å²) in [5, 5.41) is 5.10. The Morgan fingerprint density at radius 3 is 2.43 bits per heavy atom. The van der Waals surface area contributed by atoms with Gasteiger partial charge in [-0.25, -0.2) is 8.42 Å². The van der Waals surface area contributed by atoms with Gasteiger partial charge in [0.2, 0.25) is 15.9 Å². The minimum atomic E-state index is -3.48. The van der Waals surface area contributed by atoms with Crippen LogP contribution < -0.4 is 5.32 Å². The quantitative estimate of drug-likeness (QED) is 0.746. The van der Waals surface area contributed by atoms with Crippen LogP contribution in [0.1, 0.15) is 23.8 Å². The summed E-state index contributed by atoms with van der Waals surface area (Å²) in [7, 11) is 0.525. The van der Waals surface area contributed by atoms with Crippen molar-refractivity contribution in [2.24, 2.45) is 5.92 Å². The van der Waals surface area contributed by atoms with E-state index in [1.54, 1.807) is 41.7 Å². The molecule has 2 aromatic rings. The van der Waals surface area contributed by atoms with Gasteiger partial charge >= 0.3 is 0 Å². The van der Waals surface area contributed by atoms with Gasteiger partial charge in [-0.2, -0.15) is 4.31 Å². The number of amides is 1. The molecule has 8 heteroatoms. The molecule has 0 aliphatic carbocycles. The molecule has 1 fully saturated rings. The number of carbonyl (C=O) groups excluding carboxylic acids is 1. The molecular weight excluding hydrogens is 394 g/mol. The van der Waals surface area contributed by atoms with Gasteiger partial charge in [-0.15, -0.1) is 11.3 Å². The number of benzene rings is 1. The van der Waals surface area contributed by atoms with Crippen molar-refractivity contribution in [1.82, 2.24) is 14.5 Å². The number of nitrogens with one attached hydrogen (secondary N) is 1. The van der Waals surface area contributed by atoms with Crippen LogP contribution in [-0.2, 0) is 14.8 Å². The van der Waals surface area contributed by atoms with Crippen LogP contribution in [0.15, 0.2) is 52.7 Å². The predicted molar refractivity (Wildman–Crippen MR) is 112 cm³/mol. The highest BCUT2D eigenvalue weighted by Crippen LogP contribution is 2.25. The molecular formula is C20H27N3O3S2. The second-order valence-corrected chi connectivity index (χ2v) is 10.1. The Hall–Kier alpha value is -1.74. The van der Waals surface area contributed by atoms with E-state index >= 15 is 0 Å².